The third kappa shape index (κ3) is 6.06. The molecule has 0 spiro atoms. The topological polar surface area (TPSA) is 59.6 Å². The number of rotatable bonds is 9. The van der Waals surface area contributed by atoms with E-state index in [1.165, 1.54) is 0 Å². The van der Waals surface area contributed by atoms with Gasteiger partial charge in [-0.3, -0.25) is 4.79 Å². The fourth-order valence-electron chi connectivity index (χ4n) is 2.65. The molecule has 0 bridgehead atoms. The van der Waals surface area contributed by atoms with E-state index in [1.807, 2.05) is 79.7 Å². The molecule has 144 valence electrons. The van der Waals surface area contributed by atoms with Crippen molar-refractivity contribution in [2.45, 2.75) is 13.5 Å². The Kier molecular flexibility index (Phi) is 6.90. The summed E-state index contributed by atoms with van der Waals surface area (Å²) in [5.41, 5.74) is 2.64. The van der Waals surface area contributed by atoms with Crippen molar-refractivity contribution in [3.05, 3.63) is 84.4 Å². The number of anilines is 2. The second-order valence-corrected chi connectivity index (χ2v) is 6.16. The van der Waals surface area contributed by atoms with Crippen LogP contribution in [0.2, 0.25) is 0 Å². The van der Waals surface area contributed by atoms with Gasteiger partial charge in [0.15, 0.2) is 0 Å². The average Bonchev–Trinajstić information content (AvgIpc) is 2.72. The van der Waals surface area contributed by atoms with E-state index in [9.17, 15) is 4.79 Å². The van der Waals surface area contributed by atoms with Crippen molar-refractivity contribution < 1.29 is 14.3 Å². The van der Waals surface area contributed by atoms with Gasteiger partial charge in [0.2, 0.25) is 5.91 Å². The SMILES string of the molecule is CCOc1cccc(NC(=O)CNc2cccc(OCc3ccccc3)c2)c1. The number of carbonyl (C=O) groups is 1. The Morgan fingerprint density at radius 1 is 0.821 bits per heavy atom. The van der Waals surface area contributed by atoms with Crippen molar-refractivity contribution in [2.75, 3.05) is 23.8 Å². The largest absolute Gasteiger partial charge is 0.494 e. The lowest BCUT2D eigenvalue weighted by Gasteiger charge is -2.11. The summed E-state index contributed by atoms with van der Waals surface area (Å²) in [5.74, 6) is 1.35. The van der Waals surface area contributed by atoms with Crippen LogP contribution in [0.1, 0.15) is 12.5 Å². The summed E-state index contributed by atoms with van der Waals surface area (Å²) in [4.78, 5) is 12.2. The number of hydrogen-bond acceptors (Lipinski definition) is 4. The first-order chi connectivity index (χ1) is 13.7. The normalized spacial score (nSPS) is 10.2. The molecule has 5 nitrogen and oxygen atoms in total. The van der Waals surface area contributed by atoms with Crippen LogP contribution in [0.3, 0.4) is 0 Å². The summed E-state index contributed by atoms with van der Waals surface area (Å²) >= 11 is 0. The Morgan fingerprint density at radius 2 is 1.50 bits per heavy atom. The van der Waals surface area contributed by atoms with Crippen LogP contribution in [-0.4, -0.2) is 19.1 Å². The lowest BCUT2D eigenvalue weighted by atomic mass is 10.2. The van der Waals surface area contributed by atoms with E-state index >= 15 is 0 Å². The van der Waals surface area contributed by atoms with Gasteiger partial charge in [0.05, 0.1) is 13.2 Å². The van der Waals surface area contributed by atoms with Gasteiger partial charge in [-0.25, -0.2) is 0 Å². The van der Waals surface area contributed by atoms with E-state index in [4.69, 9.17) is 9.47 Å². The molecule has 0 radical (unpaired) electrons. The van der Waals surface area contributed by atoms with Crippen molar-refractivity contribution in [1.82, 2.24) is 0 Å². The molecule has 1 amide bonds. The van der Waals surface area contributed by atoms with Gasteiger partial charge in [-0.2, -0.15) is 0 Å². The molecule has 0 unspecified atom stereocenters. The van der Waals surface area contributed by atoms with E-state index in [0.29, 0.717) is 18.9 Å². The van der Waals surface area contributed by atoms with Gasteiger partial charge in [-0.1, -0.05) is 42.5 Å². The molecule has 0 aliphatic heterocycles. The quantitative estimate of drug-likeness (QED) is 0.568. The summed E-state index contributed by atoms with van der Waals surface area (Å²) in [5, 5.41) is 5.98. The average molecular weight is 376 g/mol. The number of amides is 1. The highest BCUT2D eigenvalue weighted by atomic mass is 16.5. The van der Waals surface area contributed by atoms with Crippen LogP contribution in [0.25, 0.3) is 0 Å². The molecule has 3 aromatic rings. The Labute approximate surface area is 165 Å². The van der Waals surface area contributed by atoms with Gasteiger partial charge in [0.25, 0.3) is 0 Å². The molecule has 2 N–H and O–H groups in total. The fraction of sp³-hybridized carbons (Fsp3) is 0.174. The molecule has 0 fully saturated rings. The minimum absolute atomic E-state index is 0.135. The summed E-state index contributed by atoms with van der Waals surface area (Å²) in [7, 11) is 0. The standard InChI is InChI=1S/C23H24N2O3/c1-2-27-21-12-7-11-20(15-21)25-23(26)16-24-19-10-6-13-22(14-19)28-17-18-8-4-3-5-9-18/h3-15,24H,2,16-17H2,1H3,(H,25,26). The van der Waals surface area contributed by atoms with Crippen molar-refractivity contribution in [2.24, 2.45) is 0 Å². The van der Waals surface area contributed by atoms with Crippen molar-refractivity contribution in [3.63, 3.8) is 0 Å². The molecule has 0 atom stereocenters. The summed E-state index contributed by atoms with van der Waals surface area (Å²) in [6.07, 6.45) is 0. The molecule has 3 rings (SSSR count). The highest BCUT2D eigenvalue weighted by Gasteiger charge is 2.04. The predicted molar refractivity (Wildman–Crippen MR) is 112 cm³/mol. The van der Waals surface area contributed by atoms with Crippen molar-refractivity contribution in [1.29, 1.82) is 0 Å². The number of ether oxygens (including phenoxy) is 2. The monoisotopic (exact) mass is 376 g/mol. The molecule has 3 aromatic carbocycles. The molecule has 5 heteroatoms. The molecule has 0 aliphatic rings. The number of carbonyl (C=O) groups excluding carboxylic acids is 1. The first-order valence-corrected chi connectivity index (χ1v) is 9.26. The van der Waals surface area contributed by atoms with Gasteiger partial charge < -0.3 is 20.1 Å². The number of nitrogens with one attached hydrogen (secondary N) is 2. The lowest BCUT2D eigenvalue weighted by molar-refractivity contribution is -0.114. The van der Waals surface area contributed by atoms with Crippen LogP contribution in [0.5, 0.6) is 11.5 Å². The smallest absolute Gasteiger partial charge is 0.243 e. The van der Waals surface area contributed by atoms with Gasteiger partial charge in [-0.15, -0.1) is 0 Å². The molecule has 0 aromatic heterocycles. The first-order valence-electron chi connectivity index (χ1n) is 9.26. The molecule has 0 aliphatic carbocycles. The Balaban J connectivity index is 1.50. The third-order valence-electron chi connectivity index (χ3n) is 3.96. The van der Waals surface area contributed by atoms with Crippen LogP contribution in [-0.2, 0) is 11.4 Å². The van der Waals surface area contributed by atoms with Crippen LogP contribution in [0, 0.1) is 0 Å². The van der Waals surface area contributed by atoms with E-state index < -0.39 is 0 Å². The molecule has 0 saturated carbocycles. The van der Waals surface area contributed by atoms with Crippen molar-refractivity contribution in [3.8, 4) is 11.5 Å². The van der Waals surface area contributed by atoms with Crippen LogP contribution in [0.15, 0.2) is 78.9 Å². The van der Waals surface area contributed by atoms with Crippen LogP contribution in [0.4, 0.5) is 11.4 Å². The number of benzene rings is 3. The zero-order valence-corrected chi connectivity index (χ0v) is 15.9. The summed E-state index contributed by atoms with van der Waals surface area (Å²) < 4.78 is 11.3. The van der Waals surface area contributed by atoms with Gasteiger partial charge >= 0.3 is 0 Å². The predicted octanol–water partition coefficient (Wildman–Crippen LogP) is 4.71. The highest BCUT2D eigenvalue weighted by Crippen LogP contribution is 2.19. The Morgan fingerprint density at radius 3 is 2.25 bits per heavy atom. The highest BCUT2D eigenvalue weighted by molar-refractivity contribution is 5.93. The van der Waals surface area contributed by atoms with Crippen molar-refractivity contribution >= 4 is 17.3 Å². The van der Waals surface area contributed by atoms with E-state index in [-0.39, 0.29) is 12.5 Å². The maximum atomic E-state index is 12.2. The molecule has 0 saturated heterocycles. The third-order valence-corrected chi connectivity index (χ3v) is 3.96. The maximum absolute atomic E-state index is 12.2. The van der Waals surface area contributed by atoms with E-state index in [0.717, 1.165) is 22.7 Å². The summed E-state index contributed by atoms with van der Waals surface area (Å²) in [6.45, 7) is 3.16. The Hall–Kier alpha value is -3.47. The minimum Gasteiger partial charge on any atom is -0.494 e. The second-order valence-electron chi connectivity index (χ2n) is 6.16. The molecule has 0 heterocycles. The summed E-state index contributed by atoms with van der Waals surface area (Å²) in [6, 6.07) is 24.9. The van der Waals surface area contributed by atoms with Gasteiger partial charge in [0.1, 0.15) is 18.1 Å². The zero-order valence-electron chi connectivity index (χ0n) is 15.9. The van der Waals surface area contributed by atoms with Crippen LogP contribution < -0.4 is 20.1 Å². The lowest BCUT2D eigenvalue weighted by Crippen LogP contribution is -2.21. The Bertz CT molecular complexity index is 897. The zero-order chi connectivity index (χ0) is 19.6. The second kappa shape index (κ2) is 10.0. The minimum atomic E-state index is -0.135. The van der Waals surface area contributed by atoms with E-state index in [2.05, 4.69) is 10.6 Å². The van der Waals surface area contributed by atoms with E-state index in [1.54, 1.807) is 6.07 Å². The maximum Gasteiger partial charge on any atom is 0.243 e. The van der Waals surface area contributed by atoms with Crippen LogP contribution >= 0.6 is 0 Å². The molecular weight excluding hydrogens is 352 g/mol. The molecule has 28 heavy (non-hydrogen) atoms. The first kappa shape index (κ1) is 19.3. The van der Waals surface area contributed by atoms with Gasteiger partial charge in [0, 0.05) is 23.5 Å². The van der Waals surface area contributed by atoms with Gasteiger partial charge in [-0.05, 0) is 36.8 Å². The number of hydrogen-bond donors (Lipinski definition) is 2. The molecular formula is C23H24N2O3. The fourth-order valence-corrected chi connectivity index (χ4v) is 2.65.